The quantitative estimate of drug-likeness (QED) is 0.385. The van der Waals surface area contributed by atoms with Crippen molar-refractivity contribution < 1.29 is 4.74 Å². The highest BCUT2D eigenvalue weighted by Crippen LogP contribution is 2.34. The van der Waals surface area contributed by atoms with Gasteiger partial charge in [-0.3, -0.25) is 0 Å². The largest absolute Gasteiger partial charge is 0.373 e. The van der Waals surface area contributed by atoms with Crippen molar-refractivity contribution in [3.63, 3.8) is 0 Å². The Kier molecular flexibility index (Phi) is 7.74. The van der Waals surface area contributed by atoms with Crippen molar-refractivity contribution in [1.82, 2.24) is 15.6 Å². The van der Waals surface area contributed by atoms with Crippen LogP contribution >= 0.6 is 35.3 Å². The summed E-state index contributed by atoms with van der Waals surface area (Å²) < 4.78 is 5.91. The number of rotatable bonds is 6. The Morgan fingerprint density at radius 2 is 2.29 bits per heavy atom. The summed E-state index contributed by atoms with van der Waals surface area (Å²) in [5.74, 6) is 1.54. The average Bonchev–Trinajstić information content (AvgIpc) is 3.21. The van der Waals surface area contributed by atoms with Crippen LogP contribution in [0.15, 0.2) is 11.2 Å². The van der Waals surface area contributed by atoms with Gasteiger partial charge in [-0.25, -0.2) is 9.98 Å². The molecule has 5 nitrogen and oxygen atoms in total. The maximum Gasteiger partial charge on any atom is 0.191 e. The first-order chi connectivity index (χ1) is 11.1. The Morgan fingerprint density at radius 3 is 2.92 bits per heavy atom. The zero-order valence-corrected chi connectivity index (χ0v) is 17.9. The molecule has 24 heavy (non-hydrogen) atoms. The number of hydrogen-bond acceptors (Lipinski definition) is 4. The van der Waals surface area contributed by atoms with Gasteiger partial charge in [-0.1, -0.05) is 13.8 Å². The van der Waals surface area contributed by atoms with Crippen LogP contribution in [0.25, 0.3) is 0 Å². The van der Waals surface area contributed by atoms with Crippen molar-refractivity contribution in [3.8, 4) is 0 Å². The maximum atomic E-state index is 5.91. The summed E-state index contributed by atoms with van der Waals surface area (Å²) in [5, 5.41) is 8.11. The highest BCUT2D eigenvalue weighted by Gasteiger charge is 2.41. The minimum absolute atomic E-state index is 0. The second-order valence-electron chi connectivity index (χ2n) is 6.87. The fraction of sp³-hybridized carbons (Fsp3) is 0.765. The number of nitrogens with zero attached hydrogens (tertiary/aromatic N) is 2. The van der Waals surface area contributed by atoms with Crippen LogP contribution in [0.2, 0.25) is 0 Å². The molecule has 3 rings (SSSR count). The monoisotopic (exact) mass is 464 g/mol. The molecule has 0 spiro atoms. The van der Waals surface area contributed by atoms with E-state index < -0.39 is 0 Å². The Labute approximate surface area is 166 Å². The normalized spacial score (nSPS) is 25.8. The molecule has 0 aliphatic carbocycles. The van der Waals surface area contributed by atoms with Crippen LogP contribution in [0.1, 0.15) is 49.9 Å². The molecule has 136 valence electrons. The predicted molar refractivity (Wildman–Crippen MR) is 110 cm³/mol. The van der Waals surface area contributed by atoms with E-state index in [0.29, 0.717) is 30.7 Å². The van der Waals surface area contributed by atoms with Gasteiger partial charge in [0.1, 0.15) is 0 Å². The van der Waals surface area contributed by atoms with Gasteiger partial charge in [0.2, 0.25) is 0 Å². The average molecular weight is 464 g/mol. The fourth-order valence-electron chi connectivity index (χ4n) is 3.31. The first kappa shape index (κ1) is 19.9. The lowest BCUT2D eigenvalue weighted by atomic mass is 9.96. The zero-order chi connectivity index (χ0) is 16.2. The van der Waals surface area contributed by atoms with Crippen LogP contribution in [0.5, 0.6) is 0 Å². The van der Waals surface area contributed by atoms with E-state index in [1.165, 1.54) is 22.7 Å². The van der Waals surface area contributed by atoms with E-state index in [4.69, 9.17) is 9.73 Å². The van der Waals surface area contributed by atoms with Crippen LogP contribution in [0.3, 0.4) is 0 Å². The van der Waals surface area contributed by atoms with Crippen molar-refractivity contribution in [2.75, 3.05) is 6.54 Å². The van der Waals surface area contributed by atoms with Gasteiger partial charge in [0.05, 0.1) is 29.8 Å². The molecule has 2 aliphatic rings. The van der Waals surface area contributed by atoms with Crippen LogP contribution in [0, 0.1) is 5.92 Å². The number of thiazole rings is 1. The molecule has 2 bridgehead atoms. The van der Waals surface area contributed by atoms with Crippen LogP contribution in [-0.4, -0.2) is 35.7 Å². The molecule has 0 aromatic carbocycles. The molecule has 0 radical (unpaired) electrons. The summed E-state index contributed by atoms with van der Waals surface area (Å²) in [7, 11) is 0. The lowest BCUT2D eigenvalue weighted by Gasteiger charge is -2.22. The van der Waals surface area contributed by atoms with Crippen LogP contribution in [0.4, 0.5) is 0 Å². The van der Waals surface area contributed by atoms with E-state index >= 15 is 0 Å². The SMILES string of the molecule is CCNC(=NCc1cnc(CC(C)C)s1)NC1CC2CCC1O2.I. The van der Waals surface area contributed by atoms with Crippen LogP contribution in [-0.2, 0) is 17.7 Å². The Hall–Kier alpha value is -0.410. The summed E-state index contributed by atoms with van der Waals surface area (Å²) in [6.07, 6.45) is 7.34. The number of guanidine groups is 1. The number of fused-ring (bicyclic) bond motifs is 2. The smallest absolute Gasteiger partial charge is 0.191 e. The van der Waals surface area contributed by atoms with Gasteiger partial charge in [-0.2, -0.15) is 0 Å². The third-order valence-electron chi connectivity index (χ3n) is 4.35. The number of hydrogen-bond donors (Lipinski definition) is 2. The Balaban J connectivity index is 0.00000208. The minimum atomic E-state index is 0. The van der Waals surface area contributed by atoms with Gasteiger partial charge in [0.15, 0.2) is 5.96 Å². The molecule has 3 heterocycles. The summed E-state index contributed by atoms with van der Waals surface area (Å²) in [5.41, 5.74) is 0. The highest BCUT2D eigenvalue weighted by atomic mass is 127. The van der Waals surface area contributed by atoms with Gasteiger partial charge in [0.25, 0.3) is 0 Å². The molecule has 0 amide bonds. The second kappa shape index (κ2) is 9.33. The van der Waals surface area contributed by atoms with Gasteiger partial charge in [-0.15, -0.1) is 35.3 Å². The molecule has 1 aromatic heterocycles. The molecule has 2 aliphatic heterocycles. The minimum Gasteiger partial charge on any atom is -0.373 e. The predicted octanol–water partition coefficient (Wildman–Crippen LogP) is 3.33. The van der Waals surface area contributed by atoms with E-state index in [1.807, 2.05) is 6.20 Å². The Morgan fingerprint density at radius 1 is 1.46 bits per heavy atom. The molecule has 3 atom stereocenters. The van der Waals surface area contributed by atoms with Crippen molar-refractivity contribution in [3.05, 3.63) is 16.1 Å². The van der Waals surface area contributed by atoms with E-state index in [9.17, 15) is 0 Å². The van der Waals surface area contributed by atoms with Gasteiger partial charge < -0.3 is 15.4 Å². The molecule has 7 heteroatoms. The third-order valence-corrected chi connectivity index (χ3v) is 5.35. The molecule has 2 fully saturated rings. The second-order valence-corrected chi connectivity index (χ2v) is 8.07. The number of nitrogens with one attached hydrogen (secondary N) is 2. The van der Waals surface area contributed by atoms with E-state index in [1.54, 1.807) is 11.3 Å². The molecule has 3 unspecified atom stereocenters. The zero-order valence-electron chi connectivity index (χ0n) is 14.7. The maximum absolute atomic E-state index is 5.91. The van der Waals surface area contributed by atoms with Crippen molar-refractivity contribution in [1.29, 1.82) is 0 Å². The van der Waals surface area contributed by atoms with Gasteiger partial charge in [-0.05, 0) is 32.1 Å². The van der Waals surface area contributed by atoms with Gasteiger partial charge >= 0.3 is 0 Å². The summed E-state index contributed by atoms with van der Waals surface area (Å²) in [6.45, 7) is 8.11. The van der Waals surface area contributed by atoms with Crippen molar-refractivity contribution in [2.24, 2.45) is 10.9 Å². The molecule has 0 saturated carbocycles. The Bertz CT molecular complexity index is 548. The van der Waals surface area contributed by atoms with Gasteiger partial charge in [0, 0.05) is 24.0 Å². The topological polar surface area (TPSA) is 58.5 Å². The lowest BCUT2D eigenvalue weighted by Crippen LogP contribution is -2.47. The standard InChI is InChI=1S/C17H28N4OS.HI/c1-4-18-17(21-14-8-12-5-6-15(14)22-12)20-10-13-9-19-16(23-13)7-11(2)3;/h9,11-12,14-15H,4-8,10H2,1-3H3,(H2,18,20,21);1H. The van der Waals surface area contributed by atoms with E-state index in [-0.39, 0.29) is 24.0 Å². The molecule has 2 saturated heterocycles. The van der Waals surface area contributed by atoms with E-state index in [0.717, 1.165) is 25.3 Å². The number of aromatic nitrogens is 1. The molecule has 1 aromatic rings. The number of aliphatic imine (C=N–C) groups is 1. The summed E-state index contributed by atoms with van der Waals surface area (Å²) in [6, 6.07) is 0.407. The highest BCUT2D eigenvalue weighted by molar-refractivity contribution is 14.0. The molecular weight excluding hydrogens is 435 g/mol. The van der Waals surface area contributed by atoms with Crippen LogP contribution < -0.4 is 10.6 Å². The van der Waals surface area contributed by atoms with Crippen molar-refractivity contribution in [2.45, 2.75) is 71.2 Å². The molecule has 2 N–H and O–H groups in total. The number of ether oxygens (including phenoxy) is 1. The number of halogens is 1. The third kappa shape index (κ3) is 5.29. The first-order valence-electron chi connectivity index (χ1n) is 8.78. The fourth-order valence-corrected chi connectivity index (χ4v) is 4.37. The molecular formula is C17H29IN4OS. The summed E-state index contributed by atoms with van der Waals surface area (Å²) >= 11 is 1.78. The van der Waals surface area contributed by atoms with E-state index in [2.05, 4.69) is 36.4 Å². The first-order valence-corrected chi connectivity index (χ1v) is 9.59. The van der Waals surface area contributed by atoms with Crippen molar-refractivity contribution >= 4 is 41.3 Å². The lowest BCUT2D eigenvalue weighted by molar-refractivity contribution is 0.0992. The summed E-state index contributed by atoms with van der Waals surface area (Å²) in [4.78, 5) is 10.5.